The molecule has 55 heavy (non-hydrogen) atoms. The molecule has 0 spiro atoms. The zero-order chi connectivity index (χ0) is 40.7. The Bertz CT molecular complexity index is 1850. The van der Waals surface area contributed by atoms with Crippen molar-refractivity contribution in [3.05, 3.63) is 77.4 Å². The molecule has 0 aromatic heterocycles. The maximum Gasteiger partial charge on any atom is 0.338 e. The Hall–Kier alpha value is -2.98. The van der Waals surface area contributed by atoms with Crippen molar-refractivity contribution in [3.8, 4) is 0 Å². The van der Waals surface area contributed by atoms with Gasteiger partial charge in [0.05, 0.1) is 35.7 Å². The third-order valence-electron chi connectivity index (χ3n) is 14.0. The highest BCUT2D eigenvalue weighted by Gasteiger charge is 2.78. The predicted molar refractivity (Wildman–Crippen MR) is 214 cm³/mol. The maximum absolute atomic E-state index is 16.4. The lowest BCUT2D eigenvalue weighted by Crippen LogP contribution is -2.82. The van der Waals surface area contributed by atoms with E-state index in [0.29, 0.717) is 11.1 Å². The number of hydrogen-bond acceptors (Lipinski definition) is 10. The molecule has 3 fully saturated rings. The monoisotopic (exact) mass is 792 g/mol. The Kier molecular flexibility index (Phi) is 10.5. The van der Waals surface area contributed by atoms with E-state index in [1.54, 1.807) is 37.3 Å². The largest absolute Gasteiger partial charge is 0.455 e. The summed E-state index contributed by atoms with van der Waals surface area (Å²) >= 11 is 0. The SMILES string of the molecule is CC(=O)O[C@@]12CO[C@@H]1C[C@H](O[Si](C)(C)c1ccccc1)[C@@]1(C)C(=O)[C@H](O[Si](C)(C)C(C)(C)C)C3=C(C)[C@@H](O)C[C@@](O)([C@@H](OC(=O)c4ccccc4)C12)C3(C)C. The van der Waals surface area contributed by atoms with Crippen molar-refractivity contribution < 1.29 is 47.7 Å². The van der Waals surface area contributed by atoms with Gasteiger partial charge in [-0.1, -0.05) is 83.1 Å². The summed E-state index contributed by atoms with van der Waals surface area (Å²) in [5.74, 6) is -2.85. The first-order valence-electron chi connectivity index (χ1n) is 19.5. The van der Waals surface area contributed by atoms with Gasteiger partial charge in [0.15, 0.2) is 19.7 Å². The van der Waals surface area contributed by atoms with Crippen molar-refractivity contribution in [2.45, 2.75) is 141 Å². The fourth-order valence-corrected chi connectivity index (χ4v) is 13.0. The van der Waals surface area contributed by atoms with Crippen LogP contribution < -0.4 is 5.19 Å². The predicted octanol–water partition coefficient (Wildman–Crippen LogP) is 6.25. The Morgan fingerprint density at radius 1 is 0.927 bits per heavy atom. The summed E-state index contributed by atoms with van der Waals surface area (Å²) in [5, 5.41) is 26.2. The van der Waals surface area contributed by atoms with Crippen LogP contribution in [0.4, 0.5) is 0 Å². The Morgan fingerprint density at radius 2 is 1.51 bits per heavy atom. The summed E-state index contributed by atoms with van der Waals surface area (Å²) in [6, 6.07) is 18.4. The summed E-state index contributed by atoms with van der Waals surface area (Å²) in [6.07, 6.45) is -5.52. The van der Waals surface area contributed by atoms with Crippen molar-refractivity contribution in [1.29, 1.82) is 0 Å². The quantitative estimate of drug-likeness (QED) is 0.179. The van der Waals surface area contributed by atoms with Gasteiger partial charge in [-0.2, -0.15) is 0 Å². The number of aliphatic hydroxyl groups is 2. The van der Waals surface area contributed by atoms with Crippen LogP contribution in [0.2, 0.25) is 31.2 Å². The number of carbonyl (C=O) groups excluding carboxylic acids is 3. The number of rotatable bonds is 8. The number of Topliss-reactive ketones (excluding diaryl/α,β-unsaturated/α-hetero) is 1. The van der Waals surface area contributed by atoms with E-state index in [2.05, 4.69) is 47.0 Å². The molecular weight excluding hydrogens is 733 g/mol. The number of ether oxygens (including phenoxy) is 3. The van der Waals surface area contributed by atoms with E-state index >= 15 is 4.79 Å². The Balaban J connectivity index is 1.69. The minimum atomic E-state index is -2.81. The smallest absolute Gasteiger partial charge is 0.338 e. The summed E-state index contributed by atoms with van der Waals surface area (Å²) in [6.45, 7) is 23.1. The minimum Gasteiger partial charge on any atom is -0.455 e. The van der Waals surface area contributed by atoms with Gasteiger partial charge in [-0.15, -0.1) is 0 Å². The molecular formula is C43H60O10Si2. The molecule has 1 aliphatic heterocycles. The second-order valence-electron chi connectivity index (χ2n) is 19.0. The molecule has 3 aliphatic carbocycles. The van der Waals surface area contributed by atoms with Crippen molar-refractivity contribution in [2.75, 3.05) is 6.61 Å². The normalized spacial score (nSPS) is 34.7. The minimum absolute atomic E-state index is 0.0923. The molecule has 2 aromatic carbocycles. The topological polar surface area (TPSA) is 138 Å². The van der Waals surface area contributed by atoms with E-state index in [1.165, 1.54) is 6.92 Å². The highest BCUT2D eigenvalue weighted by atomic mass is 28.4. The molecule has 9 atom stereocenters. The summed E-state index contributed by atoms with van der Waals surface area (Å²) in [4.78, 5) is 43.9. The van der Waals surface area contributed by atoms with Gasteiger partial charge in [0.2, 0.25) is 8.32 Å². The van der Waals surface area contributed by atoms with Crippen molar-refractivity contribution in [2.24, 2.45) is 16.7 Å². The number of fused-ring (bicyclic) bond motifs is 5. The first-order valence-corrected chi connectivity index (χ1v) is 25.3. The van der Waals surface area contributed by atoms with Crippen molar-refractivity contribution >= 4 is 39.5 Å². The number of carbonyl (C=O) groups is 3. The average molecular weight is 793 g/mol. The molecule has 2 bridgehead atoms. The van der Waals surface area contributed by atoms with Crippen LogP contribution in [0.15, 0.2) is 71.8 Å². The lowest BCUT2D eigenvalue weighted by Gasteiger charge is -2.68. The standard InChI is InChI=1S/C43H60O10Si2/c1-26-30(45)24-43(48)37(50-38(47)28-19-15-13-16-20-28)35-41(8,36(46)34(33(26)40(43,6)7)53-55(11,12)39(3,4)5)31(23-32-42(35,25-49-32)51-27(2)44)52-54(9,10)29-21-17-14-18-22-29/h13-22,30-32,34-35,37,45,48H,23-25H2,1-12H3/t30-,31-,32+,34+,35?,37-,41+,42-,43+/m0/s1. The second-order valence-corrected chi connectivity index (χ2v) is 27.6. The number of aliphatic hydroxyl groups excluding tert-OH is 1. The van der Waals surface area contributed by atoms with E-state index in [4.69, 9.17) is 23.1 Å². The summed E-state index contributed by atoms with van der Waals surface area (Å²) in [5.41, 5.74) is -5.15. The molecule has 2 N–H and O–H groups in total. The van der Waals surface area contributed by atoms with Crippen LogP contribution in [0.1, 0.15) is 78.6 Å². The van der Waals surface area contributed by atoms with Gasteiger partial charge in [0.25, 0.3) is 0 Å². The van der Waals surface area contributed by atoms with Crippen LogP contribution >= 0.6 is 0 Å². The first-order chi connectivity index (χ1) is 25.3. The van der Waals surface area contributed by atoms with E-state index in [-0.39, 0.29) is 35.8 Å². The van der Waals surface area contributed by atoms with E-state index < -0.39 is 87.0 Å². The highest BCUT2D eigenvalue weighted by molar-refractivity contribution is 6.84. The van der Waals surface area contributed by atoms with E-state index in [9.17, 15) is 19.8 Å². The van der Waals surface area contributed by atoms with Gasteiger partial charge in [0.1, 0.15) is 23.9 Å². The van der Waals surface area contributed by atoms with Crippen LogP contribution in [0.3, 0.4) is 0 Å². The molecule has 1 unspecified atom stereocenters. The first kappa shape index (κ1) is 41.7. The fraction of sp³-hybridized carbons (Fsp3) is 0.605. The number of ketones is 1. The molecule has 0 amide bonds. The van der Waals surface area contributed by atoms with E-state index in [1.807, 2.05) is 51.1 Å². The molecule has 4 aliphatic rings. The van der Waals surface area contributed by atoms with Gasteiger partial charge >= 0.3 is 11.9 Å². The van der Waals surface area contributed by atoms with Gasteiger partial charge in [-0.25, -0.2) is 4.79 Å². The van der Waals surface area contributed by atoms with Crippen LogP contribution in [-0.4, -0.2) is 92.9 Å². The van der Waals surface area contributed by atoms with Gasteiger partial charge in [-0.05, 0) is 73.5 Å². The van der Waals surface area contributed by atoms with Gasteiger partial charge in [-0.3, -0.25) is 9.59 Å². The molecule has 1 saturated heterocycles. The third kappa shape index (κ3) is 6.53. The number of hydrogen-bond donors (Lipinski definition) is 2. The second kappa shape index (κ2) is 13.8. The molecule has 2 saturated carbocycles. The van der Waals surface area contributed by atoms with Crippen LogP contribution in [-0.2, 0) is 32.7 Å². The molecule has 6 rings (SSSR count). The molecule has 10 nitrogen and oxygen atoms in total. The number of benzene rings is 2. The molecule has 0 radical (unpaired) electrons. The zero-order valence-corrected chi connectivity index (χ0v) is 36.5. The van der Waals surface area contributed by atoms with Gasteiger partial charge in [0, 0.05) is 25.2 Å². The summed E-state index contributed by atoms with van der Waals surface area (Å²) in [7, 11) is -5.58. The molecule has 12 heteroatoms. The lowest BCUT2D eigenvalue weighted by atomic mass is 9.44. The van der Waals surface area contributed by atoms with Crippen LogP contribution in [0.5, 0.6) is 0 Å². The molecule has 1 heterocycles. The molecule has 300 valence electrons. The number of esters is 2. The highest BCUT2D eigenvalue weighted by Crippen LogP contribution is 2.65. The maximum atomic E-state index is 16.4. The van der Waals surface area contributed by atoms with Crippen LogP contribution in [0, 0.1) is 16.7 Å². The Labute approximate surface area is 328 Å². The third-order valence-corrected chi connectivity index (χ3v) is 21.1. The fourth-order valence-electron chi connectivity index (χ4n) is 9.62. The van der Waals surface area contributed by atoms with E-state index in [0.717, 1.165) is 5.19 Å². The van der Waals surface area contributed by atoms with Crippen LogP contribution in [0.25, 0.3) is 0 Å². The average Bonchev–Trinajstić information content (AvgIpc) is 3.09. The van der Waals surface area contributed by atoms with Gasteiger partial charge < -0.3 is 33.3 Å². The molecule has 2 aromatic rings. The summed E-state index contributed by atoms with van der Waals surface area (Å²) < 4.78 is 33.8. The zero-order valence-electron chi connectivity index (χ0n) is 34.5. The Morgan fingerprint density at radius 3 is 2.04 bits per heavy atom. The lowest BCUT2D eigenvalue weighted by molar-refractivity contribution is -0.344. The van der Waals surface area contributed by atoms with Crippen molar-refractivity contribution in [3.63, 3.8) is 0 Å². The van der Waals surface area contributed by atoms with Crippen molar-refractivity contribution in [1.82, 2.24) is 0 Å².